The lowest BCUT2D eigenvalue weighted by Crippen LogP contribution is -2.66. The number of ether oxygens (including phenoxy) is 5. The summed E-state index contributed by atoms with van der Waals surface area (Å²) in [6.45, 7) is 10.5. The third-order valence-corrected chi connectivity index (χ3v) is 8.69. The van der Waals surface area contributed by atoms with E-state index in [0.717, 1.165) is 36.0 Å². The van der Waals surface area contributed by atoms with Crippen LogP contribution in [0.15, 0.2) is 91.0 Å². The van der Waals surface area contributed by atoms with Crippen LogP contribution in [0.25, 0.3) is 0 Å². The molecule has 0 saturated carbocycles. The Morgan fingerprint density at radius 3 is 1.64 bits per heavy atom. The molecule has 2 aliphatic rings. The quantitative estimate of drug-likeness (QED) is 0.207. The van der Waals surface area contributed by atoms with Crippen LogP contribution in [-0.2, 0) is 48.3 Å². The van der Waals surface area contributed by atoms with Gasteiger partial charge in [-0.25, -0.2) is 0 Å². The first-order chi connectivity index (χ1) is 21.3. The zero-order valence-corrected chi connectivity index (χ0v) is 26.9. The maximum Gasteiger partial charge on any atom is 0.188 e. The van der Waals surface area contributed by atoms with Crippen molar-refractivity contribution in [3.05, 3.63) is 108 Å². The minimum atomic E-state index is -0.689. The van der Waals surface area contributed by atoms with Crippen LogP contribution in [-0.4, -0.2) is 60.6 Å². The summed E-state index contributed by atoms with van der Waals surface area (Å²) in [5.74, 6) is 0. The van der Waals surface area contributed by atoms with E-state index in [1.807, 2.05) is 54.6 Å². The molecule has 2 saturated heterocycles. The second-order valence-electron chi connectivity index (χ2n) is 13.1. The van der Waals surface area contributed by atoms with Crippen molar-refractivity contribution in [2.24, 2.45) is 0 Å². The zero-order valence-electron chi connectivity index (χ0n) is 26.9. The lowest BCUT2D eigenvalue weighted by Gasteiger charge is -2.55. The molecule has 2 fully saturated rings. The first-order valence-corrected chi connectivity index (χ1v) is 15.8. The number of nitrogens with zero attached hydrogens (tertiary/aromatic N) is 1. The lowest BCUT2D eigenvalue weighted by molar-refractivity contribution is -0.392. The highest BCUT2D eigenvalue weighted by Gasteiger charge is 2.53. The van der Waals surface area contributed by atoms with Gasteiger partial charge in [0.15, 0.2) is 12.4 Å². The first kappa shape index (κ1) is 32.8. The number of rotatable bonds is 13. The summed E-state index contributed by atoms with van der Waals surface area (Å²) < 4.78 is 32.4. The van der Waals surface area contributed by atoms with E-state index < -0.39 is 30.7 Å². The van der Waals surface area contributed by atoms with Crippen LogP contribution in [0.3, 0.4) is 0 Å². The number of hydrogen-bond acceptors (Lipinski definition) is 7. The minimum absolute atomic E-state index is 0.180. The molecular weight excluding hydrogens is 554 g/mol. The van der Waals surface area contributed by atoms with Crippen molar-refractivity contribution in [3.8, 4) is 0 Å². The average molecular weight is 604 g/mol. The van der Waals surface area contributed by atoms with Gasteiger partial charge in [-0.3, -0.25) is 4.84 Å². The molecule has 0 amide bonds. The predicted molar refractivity (Wildman–Crippen MR) is 171 cm³/mol. The Bertz CT molecular complexity index is 1240. The lowest BCUT2D eigenvalue weighted by atomic mass is 9.82. The van der Waals surface area contributed by atoms with E-state index in [0.29, 0.717) is 26.4 Å². The number of hydroxylamine groups is 2. The van der Waals surface area contributed by atoms with Crippen molar-refractivity contribution < 1.29 is 28.5 Å². The van der Waals surface area contributed by atoms with Gasteiger partial charge in [0, 0.05) is 18.2 Å². The highest BCUT2D eigenvalue weighted by molar-refractivity contribution is 5.15. The molecule has 0 bridgehead atoms. The summed E-state index contributed by atoms with van der Waals surface area (Å²) in [7, 11) is 1.66. The molecule has 0 N–H and O–H groups in total. The topological polar surface area (TPSA) is 58.6 Å². The molecule has 0 aliphatic carbocycles. The van der Waals surface area contributed by atoms with Crippen molar-refractivity contribution in [3.63, 3.8) is 0 Å². The number of benzene rings is 3. The molecule has 0 aromatic heterocycles. The minimum Gasteiger partial charge on any atom is -0.374 e. The molecule has 7 nitrogen and oxygen atoms in total. The van der Waals surface area contributed by atoms with E-state index in [9.17, 15) is 0 Å². The molecule has 3 aromatic carbocycles. The smallest absolute Gasteiger partial charge is 0.188 e. The van der Waals surface area contributed by atoms with E-state index in [2.05, 4.69) is 69.2 Å². The number of hydrogen-bond donors (Lipinski definition) is 0. The summed E-state index contributed by atoms with van der Waals surface area (Å²) in [4.78, 5) is 7.01. The van der Waals surface area contributed by atoms with Gasteiger partial charge >= 0.3 is 0 Å². The molecule has 2 aliphatic heterocycles. The van der Waals surface area contributed by atoms with E-state index in [1.54, 1.807) is 7.11 Å². The van der Waals surface area contributed by atoms with Crippen LogP contribution >= 0.6 is 0 Å². The Morgan fingerprint density at radius 1 is 0.659 bits per heavy atom. The van der Waals surface area contributed by atoms with Crippen LogP contribution < -0.4 is 0 Å². The third-order valence-electron chi connectivity index (χ3n) is 8.69. The summed E-state index contributed by atoms with van der Waals surface area (Å²) >= 11 is 0. The van der Waals surface area contributed by atoms with Crippen LogP contribution in [0.2, 0.25) is 0 Å². The van der Waals surface area contributed by atoms with Gasteiger partial charge in [0.1, 0.15) is 18.3 Å². The SMILES string of the molecule is CO[C@H]1OC(COCc2ccccc2)[C@@H](OCc2ccccc2)C(OCc2ccccc2)C1ON1C(C)(C)CCCC1(C)C. The summed E-state index contributed by atoms with van der Waals surface area (Å²) in [5, 5.41) is 2.16. The second kappa shape index (κ2) is 15.1. The Labute approximate surface area is 263 Å². The molecule has 7 heteroatoms. The molecule has 3 unspecified atom stereocenters. The van der Waals surface area contributed by atoms with Crippen molar-refractivity contribution in [1.29, 1.82) is 0 Å². The molecule has 5 rings (SSSR count). The first-order valence-electron chi connectivity index (χ1n) is 15.8. The molecule has 3 aromatic rings. The van der Waals surface area contributed by atoms with Gasteiger partial charge in [-0.2, -0.15) is 5.06 Å². The Balaban J connectivity index is 1.45. The van der Waals surface area contributed by atoms with Crippen molar-refractivity contribution in [1.82, 2.24) is 5.06 Å². The van der Waals surface area contributed by atoms with Crippen LogP contribution in [0.1, 0.15) is 63.6 Å². The Kier molecular flexibility index (Phi) is 11.3. The fourth-order valence-corrected chi connectivity index (χ4v) is 6.49. The largest absolute Gasteiger partial charge is 0.374 e. The van der Waals surface area contributed by atoms with Gasteiger partial charge in [0.2, 0.25) is 0 Å². The highest BCUT2D eigenvalue weighted by atomic mass is 16.8. The monoisotopic (exact) mass is 603 g/mol. The molecule has 238 valence electrons. The molecule has 0 radical (unpaired) electrons. The predicted octanol–water partition coefficient (Wildman–Crippen LogP) is 7.09. The molecule has 44 heavy (non-hydrogen) atoms. The van der Waals surface area contributed by atoms with Crippen molar-refractivity contribution >= 4 is 0 Å². The molecular formula is C37H49NO6. The van der Waals surface area contributed by atoms with Gasteiger partial charge in [0.25, 0.3) is 0 Å². The molecule has 5 atom stereocenters. The average Bonchev–Trinajstić information content (AvgIpc) is 3.02. The van der Waals surface area contributed by atoms with Crippen LogP contribution in [0.4, 0.5) is 0 Å². The van der Waals surface area contributed by atoms with Gasteiger partial charge in [-0.1, -0.05) is 91.0 Å². The van der Waals surface area contributed by atoms with E-state index in [1.165, 1.54) is 0 Å². The maximum absolute atomic E-state index is 7.01. The zero-order chi connectivity index (χ0) is 31.0. The fraction of sp³-hybridized carbons (Fsp3) is 0.514. The van der Waals surface area contributed by atoms with Gasteiger partial charge in [0.05, 0.1) is 26.4 Å². The van der Waals surface area contributed by atoms with Crippen molar-refractivity contribution in [2.75, 3.05) is 13.7 Å². The van der Waals surface area contributed by atoms with Crippen molar-refractivity contribution in [2.45, 2.75) is 109 Å². The Morgan fingerprint density at radius 2 is 1.14 bits per heavy atom. The van der Waals surface area contributed by atoms with E-state index >= 15 is 0 Å². The van der Waals surface area contributed by atoms with E-state index in [4.69, 9.17) is 28.5 Å². The van der Waals surface area contributed by atoms with Crippen LogP contribution in [0, 0.1) is 0 Å². The van der Waals surface area contributed by atoms with Crippen LogP contribution in [0.5, 0.6) is 0 Å². The Hall–Kier alpha value is -2.62. The number of methoxy groups -OCH3 is 1. The standard InChI is InChI=1S/C37H49NO6/c1-36(2)22-15-23-37(3,4)38(36)44-34-33(42-26-30-20-13-8-14-21-30)32(41-25-29-18-11-7-12-19-29)31(43-35(34)39-5)27-40-24-28-16-9-6-10-17-28/h6-14,16-21,31-35H,15,22-27H2,1-5H3/t31?,32-,33?,34?,35+/m1/s1. The number of piperidine rings is 1. The van der Waals surface area contributed by atoms with Gasteiger partial charge in [-0.15, -0.1) is 0 Å². The van der Waals surface area contributed by atoms with E-state index in [-0.39, 0.29) is 11.1 Å². The molecule has 0 spiro atoms. The third kappa shape index (κ3) is 8.34. The highest BCUT2D eigenvalue weighted by Crippen LogP contribution is 2.41. The summed E-state index contributed by atoms with van der Waals surface area (Å²) in [5.41, 5.74) is 2.88. The maximum atomic E-state index is 7.01. The molecule has 2 heterocycles. The summed E-state index contributed by atoms with van der Waals surface area (Å²) in [6, 6.07) is 30.5. The van der Waals surface area contributed by atoms with Gasteiger partial charge < -0.3 is 23.7 Å². The summed E-state index contributed by atoms with van der Waals surface area (Å²) in [6.07, 6.45) is 0.501. The fourth-order valence-electron chi connectivity index (χ4n) is 6.49. The second-order valence-corrected chi connectivity index (χ2v) is 13.1. The van der Waals surface area contributed by atoms with Gasteiger partial charge in [-0.05, 0) is 63.6 Å². The normalized spacial score (nSPS) is 26.8.